The fourth-order valence-corrected chi connectivity index (χ4v) is 1.30. The van der Waals surface area contributed by atoms with Crippen LogP contribution in [0.3, 0.4) is 0 Å². The molecule has 1 rings (SSSR count). The van der Waals surface area contributed by atoms with Gasteiger partial charge < -0.3 is 10.4 Å². The van der Waals surface area contributed by atoms with Crippen LogP contribution in [0, 0.1) is 11.8 Å². The van der Waals surface area contributed by atoms with Crippen LogP contribution in [0.25, 0.3) is 0 Å². The Labute approximate surface area is 101 Å². The van der Waals surface area contributed by atoms with Gasteiger partial charge in [0.15, 0.2) is 0 Å². The van der Waals surface area contributed by atoms with E-state index in [9.17, 15) is 4.79 Å². The van der Waals surface area contributed by atoms with Crippen molar-refractivity contribution < 1.29 is 9.90 Å². The standard InChI is InChI=1S/C13H16N2O2/c1-2-3-7-15-13(17)12-6-8-14-10-11(12)5-4-9-16/h6,8,10,16H,2-3,7,9H2,1H3,(H,15,17). The number of carbonyl (C=O) groups excluding carboxylic acids is 1. The van der Waals surface area contributed by atoms with Crippen LogP contribution < -0.4 is 5.32 Å². The normalized spacial score (nSPS) is 9.29. The fourth-order valence-electron chi connectivity index (χ4n) is 1.30. The average molecular weight is 232 g/mol. The third kappa shape index (κ3) is 4.25. The Bertz CT molecular complexity index is 433. The van der Waals surface area contributed by atoms with Crippen molar-refractivity contribution in [3.8, 4) is 11.8 Å². The predicted molar refractivity (Wildman–Crippen MR) is 65.4 cm³/mol. The van der Waals surface area contributed by atoms with Crippen LogP contribution in [0.5, 0.6) is 0 Å². The maximum atomic E-state index is 11.8. The highest BCUT2D eigenvalue weighted by atomic mass is 16.2. The molecule has 90 valence electrons. The van der Waals surface area contributed by atoms with E-state index in [0.29, 0.717) is 17.7 Å². The highest BCUT2D eigenvalue weighted by Gasteiger charge is 2.08. The molecule has 17 heavy (non-hydrogen) atoms. The smallest absolute Gasteiger partial charge is 0.252 e. The highest BCUT2D eigenvalue weighted by Crippen LogP contribution is 2.05. The number of hydrogen-bond acceptors (Lipinski definition) is 3. The molecule has 0 radical (unpaired) electrons. The van der Waals surface area contributed by atoms with E-state index in [2.05, 4.69) is 29.1 Å². The molecule has 0 saturated heterocycles. The molecule has 1 amide bonds. The molecule has 0 atom stereocenters. The van der Waals surface area contributed by atoms with Crippen LogP contribution in [0.4, 0.5) is 0 Å². The van der Waals surface area contributed by atoms with Gasteiger partial charge in [-0.3, -0.25) is 9.78 Å². The van der Waals surface area contributed by atoms with Crippen LogP contribution in [0.15, 0.2) is 18.5 Å². The second-order valence-corrected chi connectivity index (χ2v) is 3.49. The van der Waals surface area contributed by atoms with E-state index in [4.69, 9.17) is 5.11 Å². The first kappa shape index (κ1) is 13.2. The minimum Gasteiger partial charge on any atom is -0.384 e. The van der Waals surface area contributed by atoms with Crippen molar-refractivity contribution >= 4 is 5.91 Å². The maximum Gasteiger partial charge on any atom is 0.252 e. The van der Waals surface area contributed by atoms with Gasteiger partial charge in [-0.15, -0.1) is 0 Å². The zero-order chi connectivity index (χ0) is 12.5. The summed E-state index contributed by atoms with van der Waals surface area (Å²) in [4.78, 5) is 15.7. The van der Waals surface area contributed by atoms with Gasteiger partial charge in [-0.25, -0.2) is 0 Å². The monoisotopic (exact) mass is 232 g/mol. The van der Waals surface area contributed by atoms with Gasteiger partial charge in [0.2, 0.25) is 0 Å². The van der Waals surface area contributed by atoms with E-state index in [1.807, 2.05) is 0 Å². The molecule has 1 aromatic heterocycles. The Morgan fingerprint density at radius 3 is 3.12 bits per heavy atom. The summed E-state index contributed by atoms with van der Waals surface area (Å²) in [6.07, 6.45) is 5.07. The summed E-state index contributed by atoms with van der Waals surface area (Å²) in [5.74, 6) is 5.07. The number of hydrogen-bond donors (Lipinski definition) is 2. The van der Waals surface area contributed by atoms with Crippen molar-refractivity contribution in [3.05, 3.63) is 29.6 Å². The molecule has 0 spiro atoms. The van der Waals surface area contributed by atoms with Gasteiger partial charge in [-0.2, -0.15) is 0 Å². The number of aliphatic hydroxyl groups excluding tert-OH is 1. The first-order valence-corrected chi connectivity index (χ1v) is 5.61. The molecule has 4 heteroatoms. The van der Waals surface area contributed by atoms with Crippen molar-refractivity contribution in [2.24, 2.45) is 0 Å². The largest absolute Gasteiger partial charge is 0.384 e. The van der Waals surface area contributed by atoms with E-state index in [1.165, 1.54) is 6.20 Å². The number of carbonyl (C=O) groups is 1. The quantitative estimate of drug-likeness (QED) is 0.600. The first-order valence-electron chi connectivity index (χ1n) is 5.61. The zero-order valence-electron chi connectivity index (χ0n) is 9.86. The van der Waals surface area contributed by atoms with Crippen molar-refractivity contribution in [3.63, 3.8) is 0 Å². The minimum atomic E-state index is -0.230. The Morgan fingerprint density at radius 2 is 2.41 bits per heavy atom. The van der Waals surface area contributed by atoms with Crippen molar-refractivity contribution in [1.29, 1.82) is 0 Å². The van der Waals surface area contributed by atoms with Gasteiger partial charge in [0.25, 0.3) is 5.91 Å². The van der Waals surface area contributed by atoms with Gasteiger partial charge in [0.1, 0.15) is 6.61 Å². The first-order chi connectivity index (χ1) is 8.29. The lowest BCUT2D eigenvalue weighted by molar-refractivity contribution is 0.0953. The van der Waals surface area contributed by atoms with E-state index in [1.54, 1.807) is 12.3 Å². The highest BCUT2D eigenvalue weighted by molar-refractivity contribution is 5.96. The number of rotatable bonds is 4. The van der Waals surface area contributed by atoms with E-state index >= 15 is 0 Å². The van der Waals surface area contributed by atoms with Crippen LogP contribution in [0.2, 0.25) is 0 Å². The minimum absolute atomic E-state index is 0.150. The SMILES string of the molecule is CCCCNC(=O)c1ccncc1C#CCO. The zero-order valence-corrected chi connectivity index (χ0v) is 9.86. The van der Waals surface area contributed by atoms with E-state index < -0.39 is 0 Å². The summed E-state index contributed by atoms with van der Waals surface area (Å²) in [5.41, 5.74) is 1.03. The Kier molecular flexibility index (Phi) is 5.76. The molecule has 2 N–H and O–H groups in total. The van der Waals surface area contributed by atoms with Gasteiger partial charge in [0, 0.05) is 18.9 Å². The van der Waals surface area contributed by atoms with Gasteiger partial charge in [-0.1, -0.05) is 25.2 Å². The number of amides is 1. The molecule has 0 saturated carbocycles. The Hall–Kier alpha value is -1.86. The Morgan fingerprint density at radius 1 is 1.59 bits per heavy atom. The van der Waals surface area contributed by atoms with Gasteiger partial charge in [0.05, 0.1) is 11.1 Å². The lowest BCUT2D eigenvalue weighted by Gasteiger charge is -2.05. The summed E-state index contributed by atoms with van der Waals surface area (Å²) < 4.78 is 0. The predicted octanol–water partition coefficient (Wildman–Crippen LogP) is 0.955. The molecule has 1 aromatic rings. The van der Waals surface area contributed by atoms with Crippen molar-refractivity contribution in [1.82, 2.24) is 10.3 Å². The van der Waals surface area contributed by atoms with Crippen molar-refractivity contribution in [2.45, 2.75) is 19.8 Å². The second-order valence-electron chi connectivity index (χ2n) is 3.49. The summed E-state index contributed by atoms with van der Waals surface area (Å²) in [6, 6.07) is 1.63. The lowest BCUT2D eigenvalue weighted by Crippen LogP contribution is -2.25. The van der Waals surface area contributed by atoms with Crippen LogP contribution in [-0.4, -0.2) is 29.1 Å². The van der Waals surface area contributed by atoms with E-state index in [0.717, 1.165) is 12.8 Å². The van der Waals surface area contributed by atoms with Crippen molar-refractivity contribution in [2.75, 3.05) is 13.2 Å². The Balaban J connectivity index is 2.78. The molecule has 0 aliphatic heterocycles. The number of aliphatic hydroxyl groups is 1. The third-order valence-electron chi connectivity index (χ3n) is 2.18. The average Bonchev–Trinajstić information content (AvgIpc) is 2.37. The molecule has 1 heterocycles. The number of unbranched alkanes of at least 4 members (excludes halogenated alkanes) is 1. The molecular weight excluding hydrogens is 216 g/mol. The summed E-state index contributed by atoms with van der Waals surface area (Å²) >= 11 is 0. The van der Waals surface area contributed by atoms with E-state index in [-0.39, 0.29) is 12.5 Å². The molecule has 0 aliphatic rings. The molecule has 0 unspecified atom stereocenters. The maximum absolute atomic E-state index is 11.8. The lowest BCUT2D eigenvalue weighted by atomic mass is 10.1. The van der Waals surface area contributed by atoms with Gasteiger partial charge >= 0.3 is 0 Å². The summed E-state index contributed by atoms with van der Waals surface area (Å²) in [5, 5.41) is 11.5. The van der Waals surface area contributed by atoms with Crippen LogP contribution in [-0.2, 0) is 0 Å². The second kappa shape index (κ2) is 7.42. The number of nitrogens with one attached hydrogen (secondary N) is 1. The molecule has 0 bridgehead atoms. The molecule has 0 aromatic carbocycles. The summed E-state index contributed by atoms with van der Waals surface area (Å²) in [7, 11) is 0. The fraction of sp³-hybridized carbons (Fsp3) is 0.385. The molecule has 0 aliphatic carbocycles. The topological polar surface area (TPSA) is 62.2 Å². The van der Waals surface area contributed by atoms with Crippen LogP contribution >= 0.6 is 0 Å². The molecule has 0 fully saturated rings. The number of nitrogens with zero attached hydrogens (tertiary/aromatic N) is 1. The third-order valence-corrected chi connectivity index (χ3v) is 2.18. The molecular formula is C13H16N2O2. The van der Waals surface area contributed by atoms with Gasteiger partial charge in [-0.05, 0) is 12.5 Å². The number of aromatic nitrogens is 1. The molecule has 4 nitrogen and oxygen atoms in total. The van der Waals surface area contributed by atoms with Crippen LogP contribution in [0.1, 0.15) is 35.7 Å². The number of pyridine rings is 1. The summed E-state index contributed by atoms with van der Waals surface area (Å²) in [6.45, 7) is 2.49.